The maximum absolute atomic E-state index is 4.50. The first-order valence-electron chi connectivity index (χ1n) is 6.37. The van der Waals surface area contributed by atoms with Gasteiger partial charge in [0.1, 0.15) is 0 Å². The lowest BCUT2D eigenvalue weighted by atomic mass is 10.1. The van der Waals surface area contributed by atoms with Crippen LogP contribution in [0.25, 0.3) is 0 Å². The van der Waals surface area contributed by atoms with E-state index in [4.69, 9.17) is 0 Å². The summed E-state index contributed by atoms with van der Waals surface area (Å²) in [4.78, 5) is 6.73. The molecule has 0 aliphatic carbocycles. The number of aryl methyl sites for hydroxylation is 2. The molecule has 0 radical (unpaired) electrons. The highest BCUT2D eigenvalue weighted by Gasteiger charge is 2.20. The van der Waals surface area contributed by atoms with Crippen LogP contribution in [-0.4, -0.2) is 40.9 Å². The summed E-state index contributed by atoms with van der Waals surface area (Å²) < 4.78 is 0. The first-order chi connectivity index (χ1) is 8.20. The Bertz CT molecular complexity index is 371. The van der Waals surface area contributed by atoms with Gasteiger partial charge in [-0.15, -0.1) is 5.10 Å². The average Bonchev–Trinajstić information content (AvgIpc) is 2.34. The van der Waals surface area contributed by atoms with Crippen molar-refractivity contribution in [3.8, 4) is 0 Å². The summed E-state index contributed by atoms with van der Waals surface area (Å²) in [5, 5.41) is 11.8. The second-order valence-electron chi connectivity index (χ2n) is 4.60. The SMILES string of the molecule is CCNC1CCN(c2nnc(C)c(C)n2)CC1. The molecule has 0 amide bonds. The Morgan fingerprint density at radius 1 is 1.18 bits per heavy atom. The van der Waals surface area contributed by atoms with Gasteiger partial charge >= 0.3 is 0 Å². The molecule has 1 aliphatic heterocycles. The predicted octanol–water partition coefficient (Wildman–Crippen LogP) is 1.07. The van der Waals surface area contributed by atoms with Crippen LogP contribution < -0.4 is 10.2 Å². The zero-order valence-corrected chi connectivity index (χ0v) is 10.9. The minimum Gasteiger partial charge on any atom is -0.339 e. The van der Waals surface area contributed by atoms with Gasteiger partial charge in [-0.2, -0.15) is 5.10 Å². The van der Waals surface area contributed by atoms with Gasteiger partial charge in [0.2, 0.25) is 5.95 Å². The normalized spacial score (nSPS) is 17.5. The predicted molar refractivity (Wildman–Crippen MR) is 68.2 cm³/mol. The molecular weight excluding hydrogens is 214 g/mol. The number of piperidine rings is 1. The quantitative estimate of drug-likeness (QED) is 0.849. The zero-order valence-electron chi connectivity index (χ0n) is 10.9. The number of hydrogen-bond donors (Lipinski definition) is 1. The smallest absolute Gasteiger partial charge is 0.245 e. The lowest BCUT2D eigenvalue weighted by Crippen LogP contribution is -2.43. The molecule has 94 valence electrons. The second kappa shape index (κ2) is 5.40. The van der Waals surface area contributed by atoms with Crippen molar-refractivity contribution in [2.75, 3.05) is 24.5 Å². The standard InChI is InChI=1S/C12H21N5/c1-4-13-11-5-7-17(8-6-11)12-14-9(2)10(3)15-16-12/h11,13H,4-8H2,1-3H3. The summed E-state index contributed by atoms with van der Waals surface area (Å²) in [6, 6.07) is 0.649. The first-order valence-corrected chi connectivity index (χ1v) is 6.37. The molecule has 1 aliphatic rings. The minimum atomic E-state index is 0.649. The van der Waals surface area contributed by atoms with E-state index >= 15 is 0 Å². The molecule has 1 fully saturated rings. The summed E-state index contributed by atoms with van der Waals surface area (Å²) in [6.45, 7) is 9.16. The topological polar surface area (TPSA) is 53.9 Å². The monoisotopic (exact) mass is 235 g/mol. The minimum absolute atomic E-state index is 0.649. The fourth-order valence-corrected chi connectivity index (χ4v) is 2.15. The van der Waals surface area contributed by atoms with E-state index in [0.717, 1.165) is 49.8 Å². The Morgan fingerprint density at radius 3 is 2.47 bits per heavy atom. The molecule has 1 N–H and O–H groups in total. The van der Waals surface area contributed by atoms with Crippen molar-refractivity contribution in [3.63, 3.8) is 0 Å². The van der Waals surface area contributed by atoms with E-state index in [1.165, 1.54) is 0 Å². The van der Waals surface area contributed by atoms with Crippen molar-refractivity contribution >= 4 is 5.95 Å². The summed E-state index contributed by atoms with van der Waals surface area (Å²) in [5.41, 5.74) is 1.89. The van der Waals surface area contributed by atoms with E-state index in [0.29, 0.717) is 6.04 Å². The van der Waals surface area contributed by atoms with Crippen molar-refractivity contribution in [1.82, 2.24) is 20.5 Å². The van der Waals surface area contributed by atoms with E-state index in [9.17, 15) is 0 Å². The summed E-state index contributed by atoms with van der Waals surface area (Å²) >= 11 is 0. The van der Waals surface area contributed by atoms with Crippen LogP contribution in [0.5, 0.6) is 0 Å². The van der Waals surface area contributed by atoms with E-state index in [-0.39, 0.29) is 0 Å². The highest BCUT2D eigenvalue weighted by atomic mass is 15.3. The van der Waals surface area contributed by atoms with Crippen LogP contribution in [0.3, 0.4) is 0 Å². The van der Waals surface area contributed by atoms with Crippen molar-refractivity contribution in [2.45, 2.75) is 39.7 Å². The Hall–Kier alpha value is -1.23. The maximum Gasteiger partial charge on any atom is 0.245 e. The van der Waals surface area contributed by atoms with Crippen molar-refractivity contribution in [1.29, 1.82) is 0 Å². The number of nitrogens with one attached hydrogen (secondary N) is 1. The molecule has 2 heterocycles. The highest BCUT2D eigenvalue weighted by molar-refractivity contribution is 5.30. The first kappa shape index (κ1) is 12.2. The van der Waals surface area contributed by atoms with Crippen LogP contribution in [-0.2, 0) is 0 Å². The van der Waals surface area contributed by atoms with Crippen LogP contribution in [0.2, 0.25) is 0 Å². The number of hydrogen-bond acceptors (Lipinski definition) is 5. The van der Waals surface area contributed by atoms with Gasteiger partial charge in [-0.3, -0.25) is 0 Å². The molecule has 0 aromatic carbocycles. The molecule has 5 heteroatoms. The molecule has 0 spiro atoms. The lowest BCUT2D eigenvalue weighted by Gasteiger charge is -2.32. The number of anilines is 1. The third-order valence-corrected chi connectivity index (χ3v) is 3.35. The van der Waals surface area contributed by atoms with Gasteiger partial charge in [0.15, 0.2) is 0 Å². The summed E-state index contributed by atoms with van der Waals surface area (Å²) in [6.07, 6.45) is 2.31. The third-order valence-electron chi connectivity index (χ3n) is 3.35. The van der Waals surface area contributed by atoms with Crippen LogP contribution in [0.15, 0.2) is 0 Å². The number of nitrogens with zero attached hydrogens (tertiary/aromatic N) is 4. The molecule has 1 aromatic rings. The fraction of sp³-hybridized carbons (Fsp3) is 0.750. The van der Waals surface area contributed by atoms with Gasteiger partial charge in [0.05, 0.1) is 11.4 Å². The second-order valence-corrected chi connectivity index (χ2v) is 4.60. The van der Waals surface area contributed by atoms with Crippen LogP contribution in [0.4, 0.5) is 5.95 Å². The van der Waals surface area contributed by atoms with Gasteiger partial charge in [0.25, 0.3) is 0 Å². The Labute approximate surface area is 103 Å². The number of aromatic nitrogens is 3. The zero-order chi connectivity index (χ0) is 12.3. The molecule has 5 nitrogen and oxygen atoms in total. The molecule has 17 heavy (non-hydrogen) atoms. The highest BCUT2D eigenvalue weighted by Crippen LogP contribution is 2.16. The van der Waals surface area contributed by atoms with E-state index < -0.39 is 0 Å². The van der Waals surface area contributed by atoms with Gasteiger partial charge in [0, 0.05) is 19.1 Å². The molecule has 0 atom stereocenters. The largest absolute Gasteiger partial charge is 0.339 e. The molecule has 0 saturated carbocycles. The Kier molecular flexibility index (Phi) is 3.89. The maximum atomic E-state index is 4.50. The van der Waals surface area contributed by atoms with Crippen LogP contribution in [0.1, 0.15) is 31.2 Å². The summed E-state index contributed by atoms with van der Waals surface area (Å²) in [5.74, 6) is 0.781. The Morgan fingerprint density at radius 2 is 1.88 bits per heavy atom. The van der Waals surface area contributed by atoms with E-state index in [2.05, 4.69) is 32.3 Å². The van der Waals surface area contributed by atoms with Crippen molar-refractivity contribution in [2.24, 2.45) is 0 Å². The molecular formula is C12H21N5. The fourth-order valence-electron chi connectivity index (χ4n) is 2.15. The van der Waals surface area contributed by atoms with Gasteiger partial charge in [-0.1, -0.05) is 6.92 Å². The van der Waals surface area contributed by atoms with Crippen LogP contribution in [0, 0.1) is 13.8 Å². The Balaban J connectivity index is 1.98. The molecule has 1 saturated heterocycles. The van der Waals surface area contributed by atoms with Gasteiger partial charge in [-0.25, -0.2) is 4.98 Å². The van der Waals surface area contributed by atoms with Gasteiger partial charge < -0.3 is 10.2 Å². The van der Waals surface area contributed by atoms with Crippen LogP contribution >= 0.6 is 0 Å². The molecule has 0 unspecified atom stereocenters. The van der Waals surface area contributed by atoms with E-state index in [1.807, 2.05) is 13.8 Å². The van der Waals surface area contributed by atoms with Crippen molar-refractivity contribution in [3.05, 3.63) is 11.4 Å². The summed E-state index contributed by atoms with van der Waals surface area (Å²) in [7, 11) is 0. The molecule has 0 bridgehead atoms. The molecule has 1 aromatic heterocycles. The van der Waals surface area contributed by atoms with Crippen molar-refractivity contribution < 1.29 is 0 Å². The van der Waals surface area contributed by atoms with E-state index in [1.54, 1.807) is 0 Å². The average molecular weight is 235 g/mol. The molecule has 2 rings (SSSR count). The van der Waals surface area contributed by atoms with Gasteiger partial charge in [-0.05, 0) is 33.2 Å². The lowest BCUT2D eigenvalue weighted by molar-refractivity contribution is 0.420. The number of rotatable bonds is 3. The third kappa shape index (κ3) is 2.91.